The first-order chi connectivity index (χ1) is 10.8. The van der Waals surface area contributed by atoms with Gasteiger partial charge in [-0.1, -0.05) is 25.4 Å². The van der Waals surface area contributed by atoms with Crippen LogP contribution in [0, 0.1) is 5.92 Å². The van der Waals surface area contributed by atoms with E-state index >= 15 is 0 Å². The van der Waals surface area contributed by atoms with Gasteiger partial charge in [0, 0.05) is 5.02 Å². The van der Waals surface area contributed by atoms with Gasteiger partial charge >= 0.3 is 6.03 Å². The second-order valence-electron chi connectivity index (χ2n) is 6.45. The van der Waals surface area contributed by atoms with Crippen LogP contribution in [0.4, 0.5) is 4.79 Å². The molecule has 1 aliphatic rings. The van der Waals surface area contributed by atoms with E-state index in [0.29, 0.717) is 23.1 Å². The summed E-state index contributed by atoms with van der Waals surface area (Å²) in [6, 6.07) is 6.62. The summed E-state index contributed by atoms with van der Waals surface area (Å²) in [6.07, 6.45) is 1.53. The summed E-state index contributed by atoms with van der Waals surface area (Å²) < 4.78 is 5.55. The molecule has 1 aromatic carbocycles. The van der Waals surface area contributed by atoms with E-state index in [4.69, 9.17) is 16.3 Å². The van der Waals surface area contributed by atoms with E-state index in [-0.39, 0.29) is 25.1 Å². The first kappa shape index (κ1) is 17.6. The molecule has 0 radical (unpaired) electrons. The number of carbonyl (C=O) groups is 2. The molecule has 2 rings (SSSR count). The third-order valence-corrected chi connectivity index (χ3v) is 4.22. The molecule has 6 heteroatoms. The fourth-order valence-electron chi connectivity index (χ4n) is 2.48. The molecule has 1 aliphatic heterocycles. The molecule has 1 heterocycles. The molecule has 126 valence electrons. The first-order valence-electron chi connectivity index (χ1n) is 7.84. The van der Waals surface area contributed by atoms with Crippen LogP contribution in [0.1, 0.15) is 33.6 Å². The maximum absolute atomic E-state index is 12.5. The third-order valence-electron chi connectivity index (χ3n) is 3.96. The number of hydrogen-bond acceptors (Lipinski definition) is 3. The highest BCUT2D eigenvalue weighted by Crippen LogP contribution is 2.24. The second kappa shape index (κ2) is 7.21. The second-order valence-corrected chi connectivity index (χ2v) is 6.89. The van der Waals surface area contributed by atoms with E-state index in [0.717, 1.165) is 6.42 Å². The summed E-state index contributed by atoms with van der Waals surface area (Å²) in [5, 5.41) is 3.44. The fraction of sp³-hybridized carbons (Fsp3) is 0.529. The number of urea groups is 1. The highest BCUT2D eigenvalue weighted by Gasteiger charge is 2.47. The first-order valence-corrected chi connectivity index (χ1v) is 8.22. The number of nitrogens with zero attached hydrogens (tertiary/aromatic N) is 1. The van der Waals surface area contributed by atoms with Crippen molar-refractivity contribution in [1.29, 1.82) is 0 Å². The van der Waals surface area contributed by atoms with Crippen molar-refractivity contribution in [3.05, 3.63) is 29.3 Å². The molecular formula is C17H23ClN2O3. The molecule has 1 atom stereocenters. The molecular weight excluding hydrogens is 316 g/mol. The Morgan fingerprint density at radius 2 is 1.91 bits per heavy atom. The number of rotatable bonds is 7. The number of amides is 3. The van der Waals surface area contributed by atoms with Gasteiger partial charge < -0.3 is 10.1 Å². The van der Waals surface area contributed by atoms with Crippen LogP contribution in [0.15, 0.2) is 24.3 Å². The average Bonchev–Trinajstić information content (AvgIpc) is 2.71. The van der Waals surface area contributed by atoms with Crippen LogP contribution < -0.4 is 10.1 Å². The lowest BCUT2D eigenvalue weighted by atomic mass is 9.92. The molecule has 1 fully saturated rings. The minimum absolute atomic E-state index is 0.178. The van der Waals surface area contributed by atoms with Crippen LogP contribution in [-0.4, -0.2) is 35.5 Å². The zero-order valence-corrected chi connectivity index (χ0v) is 14.5. The normalized spacial score (nSPS) is 21.0. The van der Waals surface area contributed by atoms with Crippen molar-refractivity contribution in [2.24, 2.45) is 5.92 Å². The number of ether oxygens (including phenoxy) is 1. The van der Waals surface area contributed by atoms with Crippen LogP contribution in [0.3, 0.4) is 0 Å². The van der Waals surface area contributed by atoms with Crippen molar-refractivity contribution in [3.63, 3.8) is 0 Å². The predicted octanol–water partition coefficient (Wildman–Crippen LogP) is 3.47. The molecule has 1 aromatic rings. The number of benzene rings is 1. The molecule has 3 amide bonds. The summed E-state index contributed by atoms with van der Waals surface area (Å²) in [5.74, 6) is 0.964. The Labute approximate surface area is 141 Å². The summed E-state index contributed by atoms with van der Waals surface area (Å²) in [7, 11) is 0. The van der Waals surface area contributed by atoms with Crippen LogP contribution in [0.2, 0.25) is 5.02 Å². The molecule has 0 bridgehead atoms. The Hall–Kier alpha value is -1.75. The number of carbonyl (C=O) groups excluding carboxylic acids is 2. The highest BCUT2D eigenvalue weighted by molar-refractivity contribution is 6.30. The largest absolute Gasteiger partial charge is 0.492 e. The standard InChI is InChI=1S/C17H23ClN2O3/c1-12(2)8-9-17(3)15(21)20(16(22)19-17)10-11-23-14-6-4-13(18)5-7-14/h4-7,12H,8-11H2,1-3H3,(H,19,22). The highest BCUT2D eigenvalue weighted by atomic mass is 35.5. The Kier molecular flexibility index (Phi) is 5.52. The van der Waals surface area contributed by atoms with Crippen LogP contribution >= 0.6 is 11.6 Å². The Balaban J connectivity index is 1.88. The average molecular weight is 339 g/mol. The molecule has 0 aromatic heterocycles. The van der Waals surface area contributed by atoms with E-state index in [1.54, 1.807) is 31.2 Å². The Morgan fingerprint density at radius 1 is 1.26 bits per heavy atom. The van der Waals surface area contributed by atoms with Gasteiger partial charge in [0.15, 0.2) is 0 Å². The number of halogens is 1. The molecule has 1 unspecified atom stereocenters. The quantitative estimate of drug-likeness (QED) is 0.774. The van der Waals surface area contributed by atoms with Gasteiger partial charge in [0.1, 0.15) is 17.9 Å². The molecule has 0 saturated carbocycles. The van der Waals surface area contributed by atoms with E-state index in [1.807, 2.05) is 0 Å². The number of imide groups is 1. The summed E-state index contributed by atoms with van der Waals surface area (Å²) in [5.41, 5.74) is -0.804. The van der Waals surface area contributed by atoms with Crippen LogP contribution in [-0.2, 0) is 4.79 Å². The van der Waals surface area contributed by atoms with Gasteiger partial charge in [0.05, 0.1) is 6.54 Å². The van der Waals surface area contributed by atoms with Gasteiger partial charge in [-0.2, -0.15) is 0 Å². The molecule has 23 heavy (non-hydrogen) atoms. The molecule has 5 nitrogen and oxygen atoms in total. The van der Waals surface area contributed by atoms with Crippen LogP contribution in [0.5, 0.6) is 5.75 Å². The minimum atomic E-state index is -0.804. The Bertz CT molecular complexity index is 574. The maximum Gasteiger partial charge on any atom is 0.325 e. The number of hydrogen-bond donors (Lipinski definition) is 1. The predicted molar refractivity (Wildman–Crippen MR) is 89.7 cm³/mol. The van der Waals surface area contributed by atoms with Gasteiger partial charge in [-0.3, -0.25) is 9.69 Å². The minimum Gasteiger partial charge on any atom is -0.492 e. The lowest BCUT2D eigenvalue weighted by Gasteiger charge is -2.22. The SMILES string of the molecule is CC(C)CCC1(C)NC(=O)N(CCOc2ccc(Cl)cc2)C1=O. The van der Waals surface area contributed by atoms with E-state index in [2.05, 4.69) is 19.2 Å². The topological polar surface area (TPSA) is 58.6 Å². The summed E-state index contributed by atoms with van der Waals surface area (Å²) >= 11 is 5.81. The van der Waals surface area contributed by atoms with Crippen molar-refractivity contribution >= 4 is 23.5 Å². The Morgan fingerprint density at radius 3 is 2.52 bits per heavy atom. The van der Waals surface area contributed by atoms with Crippen molar-refractivity contribution in [3.8, 4) is 5.75 Å². The van der Waals surface area contributed by atoms with Gasteiger partial charge in [0.25, 0.3) is 5.91 Å². The van der Waals surface area contributed by atoms with Crippen molar-refractivity contribution in [1.82, 2.24) is 10.2 Å². The van der Waals surface area contributed by atoms with E-state index in [9.17, 15) is 9.59 Å². The summed E-state index contributed by atoms with van der Waals surface area (Å²) in [6.45, 7) is 6.46. The fourth-order valence-corrected chi connectivity index (χ4v) is 2.61. The lowest BCUT2D eigenvalue weighted by molar-refractivity contribution is -0.131. The van der Waals surface area contributed by atoms with Crippen molar-refractivity contribution in [2.45, 2.75) is 39.2 Å². The van der Waals surface area contributed by atoms with Crippen molar-refractivity contribution < 1.29 is 14.3 Å². The maximum atomic E-state index is 12.5. The van der Waals surface area contributed by atoms with E-state index < -0.39 is 5.54 Å². The lowest BCUT2D eigenvalue weighted by Crippen LogP contribution is -2.44. The van der Waals surface area contributed by atoms with Crippen LogP contribution in [0.25, 0.3) is 0 Å². The third kappa shape index (κ3) is 4.38. The van der Waals surface area contributed by atoms with E-state index in [1.165, 1.54) is 4.90 Å². The molecule has 1 saturated heterocycles. The van der Waals surface area contributed by atoms with Gasteiger partial charge in [-0.05, 0) is 49.9 Å². The van der Waals surface area contributed by atoms with Gasteiger partial charge in [-0.25, -0.2) is 4.79 Å². The molecule has 0 spiro atoms. The zero-order chi connectivity index (χ0) is 17.0. The number of nitrogens with one attached hydrogen (secondary N) is 1. The monoisotopic (exact) mass is 338 g/mol. The zero-order valence-electron chi connectivity index (χ0n) is 13.8. The molecule has 0 aliphatic carbocycles. The van der Waals surface area contributed by atoms with Crippen molar-refractivity contribution in [2.75, 3.05) is 13.2 Å². The van der Waals surface area contributed by atoms with Gasteiger partial charge in [-0.15, -0.1) is 0 Å². The smallest absolute Gasteiger partial charge is 0.325 e. The van der Waals surface area contributed by atoms with Gasteiger partial charge in [0.2, 0.25) is 0 Å². The molecule has 1 N–H and O–H groups in total. The summed E-state index contributed by atoms with van der Waals surface area (Å²) in [4.78, 5) is 25.8.